The number of aromatic amines is 1. The van der Waals surface area contributed by atoms with Gasteiger partial charge in [0.1, 0.15) is 0 Å². The Morgan fingerprint density at radius 3 is 3.27 bits per heavy atom. The molecule has 2 rings (SSSR count). The smallest absolute Gasteiger partial charge is 0.258 e. The molecule has 0 aliphatic carbocycles. The van der Waals surface area contributed by atoms with Crippen molar-refractivity contribution in [2.75, 3.05) is 6.54 Å². The van der Waals surface area contributed by atoms with E-state index in [2.05, 4.69) is 14.4 Å². The van der Waals surface area contributed by atoms with Crippen molar-refractivity contribution in [3.63, 3.8) is 0 Å². The number of hydrogen-bond acceptors (Lipinski definition) is 1. The second kappa shape index (κ2) is 2.35. The fraction of sp³-hybridized carbons (Fsp3) is 0.286. The third kappa shape index (κ3) is 0.962. The zero-order valence-electron chi connectivity index (χ0n) is 6.00. The lowest BCUT2D eigenvalue weighted by Crippen LogP contribution is -2.28. The highest BCUT2D eigenvalue weighted by molar-refractivity contribution is 7.14. The topological polar surface area (TPSA) is 36.1 Å². The van der Waals surface area contributed by atoms with Gasteiger partial charge in [0, 0.05) is 24.9 Å². The van der Waals surface area contributed by atoms with Crippen LogP contribution in [0.3, 0.4) is 0 Å². The molecule has 0 saturated carbocycles. The summed E-state index contributed by atoms with van der Waals surface area (Å²) in [6, 6.07) is 1.83. The molecule has 2 heterocycles. The first-order chi connectivity index (χ1) is 5.29. The maximum absolute atomic E-state index is 11.4. The van der Waals surface area contributed by atoms with Gasteiger partial charge in [-0.2, -0.15) is 0 Å². The summed E-state index contributed by atoms with van der Waals surface area (Å²) in [7, 11) is 2.43. The normalized spacial score (nSPS) is 16.8. The summed E-state index contributed by atoms with van der Waals surface area (Å²) < 4.78 is 1.66. The van der Waals surface area contributed by atoms with Gasteiger partial charge in [-0.1, -0.05) is 0 Å². The third-order valence-electron chi connectivity index (χ3n) is 1.93. The van der Waals surface area contributed by atoms with Gasteiger partial charge < -0.3 is 9.65 Å². The molecule has 1 N–H and O–H groups in total. The molecule has 4 heteroatoms. The Bertz CT molecular complexity index is 294. The Hall–Kier alpha value is -0.820. The van der Waals surface area contributed by atoms with Gasteiger partial charge in [-0.05, 0) is 15.5 Å². The van der Waals surface area contributed by atoms with E-state index < -0.39 is 0 Å². The number of amides is 1. The molecule has 0 bridgehead atoms. The van der Waals surface area contributed by atoms with Crippen LogP contribution in [0.2, 0.25) is 0 Å². The molecule has 11 heavy (non-hydrogen) atoms. The summed E-state index contributed by atoms with van der Waals surface area (Å²) in [5.74, 6) is 0.0949. The van der Waals surface area contributed by atoms with E-state index in [0.717, 1.165) is 24.2 Å². The molecule has 0 aromatic carbocycles. The summed E-state index contributed by atoms with van der Waals surface area (Å²) in [5.41, 5.74) is 1.87. The van der Waals surface area contributed by atoms with Crippen LogP contribution in [0.4, 0.5) is 0 Å². The van der Waals surface area contributed by atoms with Crippen LogP contribution in [0.25, 0.3) is 0 Å². The van der Waals surface area contributed by atoms with E-state index in [4.69, 9.17) is 0 Å². The van der Waals surface area contributed by atoms with Gasteiger partial charge in [-0.15, -0.1) is 0 Å². The van der Waals surface area contributed by atoms with Gasteiger partial charge in [0.25, 0.3) is 5.91 Å². The number of H-pyrrole nitrogens is 1. The Kier molecular flexibility index (Phi) is 1.46. The lowest BCUT2D eigenvalue weighted by molar-refractivity contribution is 0.0859. The maximum atomic E-state index is 11.4. The number of fused-ring (bicyclic) bond motifs is 1. The van der Waals surface area contributed by atoms with Gasteiger partial charge in [0.05, 0.1) is 5.56 Å². The van der Waals surface area contributed by atoms with Crippen molar-refractivity contribution in [2.24, 2.45) is 0 Å². The Morgan fingerprint density at radius 1 is 1.64 bits per heavy atom. The summed E-state index contributed by atoms with van der Waals surface area (Å²) in [6.45, 7) is 0.789. The van der Waals surface area contributed by atoms with Crippen LogP contribution in [0, 0.1) is 0 Å². The summed E-state index contributed by atoms with van der Waals surface area (Å²) >= 11 is 0. The van der Waals surface area contributed by atoms with Crippen molar-refractivity contribution in [3.8, 4) is 0 Å². The molecule has 1 amide bonds. The number of carbonyl (C=O) groups excluding carboxylic acids is 1. The second-order valence-corrected chi connectivity index (χ2v) is 3.24. The van der Waals surface area contributed by atoms with Crippen molar-refractivity contribution in [1.29, 1.82) is 0 Å². The molecule has 0 fully saturated rings. The average Bonchev–Trinajstić information content (AvgIpc) is 2.45. The maximum Gasteiger partial charge on any atom is 0.258 e. The number of hydrogen-bond donors (Lipinski definition) is 1. The molecule has 1 atom stereocenters. The molecule has 0 spiro atoms. The molecule has 58 valence electrons. The van der Waals surface area contributed by atoms with Gasteiger partial charge in [0.15, 0.2) is 0 Å². The Morgan fingerprint density at radius 2 is 2.45 bits per heavy atom. The summed E-state index contributed by atoms with van der Waals surface area (Å²) in [6.07, 6.45) is 2.74. The molecular formula is C7H9N2OP. The van der Waals surface area contributed by atoms with Crippen molar-refractivity contribution in [3.05, 3.63) is 23.5 Å². The Labute approximate surface area is 67.0 Å². The fourth-order valence-corrected chi connectivity index (χ4v) is 1.57. The van der Waals surface area contributed by atoms with E-state index >= 15 is 0 Å². The van der Waals surface area contributed by atoms with Crippen LogP contribution in [0.1, 0.15) is 16.1 Å². The first-order valence-corrected chi connectivity index (χ1v) is 4.03. The molecule has 3 nitrogen and oxygen atoms in total. The van der Waals surface area contributed by atoms with Gasteiger partial charge in [-0.3, -0.25) is 4.79 Å². The van der Waals surface area contributed by atoms with Gasteiger partial charge in [0.2, 0.25) is 0 Å². The van der Waals surface area contributed by atoms with E-state index in [0.29, 0.717) is 0 Å². The summed E-state index contributed by atoms with van der Waals surface area (Å²) in [5, 5.41) is 0. The van der Waals surface area contributed by atoms with E-state index in [1.165, 1.54) is 0 Å². The number of nitrogens with one attached hydrogen (secondary N) is 1. The SMILES string of the molecule is O=C1c2cc[nH]c2CCN1P. The first-order valence-electron chi connectivity index (χ1n) is 3.52. The molecular weight excluding hydrogens is 159 g/mol. The molecule has 1 unspecified atom stereocenters. The van der Waals surface area contributed by atoms with Gasteiger partial charge in [-0.25, -0.2) is 0 Å². The van der Waals surface area contributed by atoms with E-state index in [1.807, 2.05) is 12.3 Å². The highest BCUT2D eigenvalue weighted by atomic mass is 31.0. The van der Waals surface area contributed by atoms with Crippen molar-refractivity contribution in [2.45, 2.75) is 6.42 Å². The van der Waals surface area contributed by atoms with Crippen LogP contribution in [0.15, 0.2) is 12.3 Å². The van der Waals surface area contributed by atoms with Crippen LogP contribution < -0.4 is 0 Å². The number of nitrogens with zero attached hydrogens (tertiary/aromatic N) is 1. The molecule has 1 aliphatic rings. The monoisotopic (exact) mass is 168 g/mol. The van der Waals surface area contributed by atoms with Crippen molar-refractivity contribution >= 4 is 15.3 Å². The first kappa shape index (κ1) is 6.86. The average molecular weight is 168 g/mol. The van der Waals surface area contributed by atoms with Crippen molar-refractivity contribution < 1.29 is 4.79 Å². The molecule has 0 radical (unpaired) electrons. The highest BCUT2D eigenvalue weighted by Gasteiger charge is 2.21. The van der Waals surface area contributed by atoms with Crippen LogP contribution in [-0.2, 0) is 6.42 Å². The minimum Gasteiger partial charge on any atom is -0.364 e. The number of carbonyl (C=O) groups is 1. The van der Waals surface area contributed by atoms with Crippen LogP contribution >= 0.6 is 9.39 Å². The largest absolute Gasteiger partial charge is 0.364 e. The molecule has 1 aliphatic heterocycles. The lowest BCUT2D eigenvalue weighted by atomic mass is 10.1. The predicted molar refractivity (Wildman–Crippen MR) is 45.2 cm³/mol. The fourth-order valence-electron chi connectivity index (χ4n) is 1.30. The molecule has 1 aromatic heterocycles. The second-order valence-electron chi connectivity index (χ2n) is 2.62. The van der Waals surface area contributed by atoms with Gasteiger partial charge >= 0.3 is 0 Å². The minimum atomic E-state index is 0.0949. The van der Waals surface area contributed by atoms with Crippen LogP contribution in [0.5, 0.6) is 0 Å². The zero-order valence-corrected chi connectivity index (χ0v) is 7.16. The third-order valence-corrected chi connectivity index (χ3v) is 2.42. The quantitative estimate of drug-likeness (QED) is 0.571. The number of rotatable bonds is 0. The van der Waals surface area contributed by atoms with E-state index in [9.17, 15) is 4.79 Å². The van der Waals surface area contributed by atoms with Crippen molar-refractivity contribution in [1.82, 2.24) is 9.65 Å². The molecule has 0 saturated heterocycles. The van der Waals surface area contributed by atoms with E-state index in [1.54, 1.807) is 4.67 Å². The Balaban J connectivity index is 2.46. The molecule has 1 aromatic rings. The lowest BCUT2D eigenvalue weighted by Gasteiger charge is -2.21. The highest BCUT2D eigenvalue weighted by Crippen LogP contribution is 2.19. The van der Waals surface area contributed by atoms with Crippen LogP contribution in [-0.4, -0.2) is 22.1 Å². The predicted octanol–water partition coefficient (Wildman–Crippen LogP) is 0.803. The number of aromatic nitrogens is 1. The minimum absolute atomic E-state index is 0.0949. The standard InChI is InChI=1S/C7H9N2OP/c10-7-5-1-3-8-6(5)2-4-9(7)11/h1,3,8H,2,4,11H2. The zero-order chi connectivity index (χ0) is 7.84. The van der Waals surface area contributed by atoms with E-state index in [-0.39, 0.29) is 5.91 Å². The summed E-state index contributed by atoms with van der Waals surface area (Å²) in [4.78, 5) is 14.4.